The highest BCUT2D eigenvalue weighted by molar-refractivity contribution is 8.04. The van der Waals surface area contributed by atoms with Gasteiger partial charge in [-0.25, -0.2) is 4.79 Å². The molecule has 12 heteroatoms. The Kier molecular flexibility index (Phi) is 6.60. The van der Waals surface area contributed by atoms with Gasteiger partial charge in [0.05, 0.1) is 4.91 Å². The topological polar surface area (TPSA) is 92.0 Å². The Hall–Kier alpha value is -3.41. The summed E-state index contributed by atoms with van der Waals surface area (Å²) < 4.78 is 41.0. The second kappa shape index (κ2) is 9.45. The van der Waals surface area contributed by atoms with E-state index in [1.807, 2.05) is 17.0 Å². The van der Waals surface area contributed by atoms with E-state index in [9.17, 15) is 22.8 Å². The van der Waals surface area contributed by atoms with Crippen LogP contribution < -0.4 is 10.5 Å². The van der Waals surface area contributed by atoms with E-state index >= 15 is 0 Å². The highest BCUT2D eigenvalue weighted by Crippen LogP contribution is 2.41. The lowest BCUT2D eigenvalue weighted by molar-refractivity contribution is -0.274. The van der Waals surface area contributed by atoms with E-state index in [2.05, 4.69) is 9.72 Å². The fourth-order valence-corrected chi connectivity index (χ4v) is 5.17. The minimum atomic E-state index is -4.76. The molecule has 1 atom stereocenters. The second-order valence-corrected chi connectivity index (χ2v) is 8.87. The average molecular weight is 494 g/mol. The average Bonchev–Trinajstić information content (AvgIpc) is 3.29. The number of carbonyl (C=O) groups is 2. The molecule has 3 amide bonds. The van der Waals surface area contributed by atoms with Crippen molar-refractivity contribution in [1.29, 1.82) is 0 Å². The van der Waals surface area contributed by atoms with E-state index in [1.54, 1.807) is 29.1 Å². The Morgan fingerprint density at radius 2 is 1.91 bits per heavy atom. The van der Waals surface area contributed by atoms with Crippen LogP contribution in [0.5, 0.6) is 5.75 Å². The molecule has 0 saturated carbocycles. The molecule has 180 valence electrons. The number of nitrogens with two attached hydrogens (primary N) is 1. The van der Waals surface area contributed by atoms with Gasteiger partial charge in [0, 0.05) is 44.3 Å². The molecule has 2 aliphatic heterocycles. The Labute approximate surface area is 198 Å². The molecule has 4 rings (SSSR count). The summed E-state index contributed by atoms with van der Waals surface area (Å²) in [4.78, 5) is 35.0. The third-order valence-corrected chi connectivity index (χ3v) is 6.92. The number of carbonyl (C=O) groups excluding carboxylic acids is 2. The van der Waals surface area contributed by atoms with Gasteiger partial charge >= 0.3 is 12.4 Å². The van der Waals surface area contributed by atoms with Crippen LogP contribution in [-0.4, -0.2) is 56.6 Å². The number of thioether (sulfide) groups is 1. The molecule has 1 aromatic heterocycles. The predicted octanol–water partition coefficient (Wildman–Crippen LogP) is 3.47. The smallest absolute Gasteiger partial charge is 0.406 e. The Bertz CT molecular complexity index is 1100. The van der Waals surface area contributed by atoms with Crippen molar-refractivity contribution in [3.63, 3.8) is 0 Å². The molecule has 1 unspecified atom stereocenters. The summed E-state index contributed by atoms with van der Waals surface area (Å²) in [7, 11) is 0. The number of hydrogen-bond donors (Lipinski definition) is 1. The minimum Gasteiger partial charge on any atom is -0.406 e. The van der Waals surface area contributed by atoms with E-state index in [0.717, 1.165) is 5.56 Å². The molecule has 0 spiro atoms. The summed E-state index contributed by atoms with van der Waals surface area (Å²) >= 11 is 1.24. The molecule has 34 heavy (non-hydrogen) atoms. The zero-order valence-corrected chi connectivity index (χ0v) is 19.0. The quantitative estimate of drug-likeness (QED) is 0.635. The molecule has 8 nitrogen and oxygen atoms in total. The van der Waals surface area contributed by atoms with E-state index in [-0.39, 0.29) is 18.3 Å². The number of ether oxygens (including phenoxy) is 1. The van der Waals surface area contributed by atoms with E-state index < -0.39 is 17.8 Å². The first-order valence-corrected chi connectivity index (χ1v) is 11.2. The Morgan fingerprint density at radius 3 is 2.53 bits per heavy atom. The second-order valence-electron chi connectivity index (χ2n) is 7.80. The minimum absolute atomic E-state index is 0.233. The zero-order chi connectivity index (χ0) is 24.5. The molecular formula is C22H22F3N5O3S. The van der Waals surface area contributed by atoms with Crippen LogP contribution in [-0.2, 0) is 17.9 Å². The van der Waals surface area contributed by atoms with E-state index in [1.165, 1.54) is 36.0 Å². The van der Waals surface area contributed by atoms with Crippen molar-refractivity contribution < 1.29 is 27.5 Å². The normalized spacial score (nSPS) is 18.8. The van der Waals surface area contributed by atoms with Crippen LogP contribution in [0.25, 0.3) is 0 Å². The van der Waals surface area contributed by atoms with Crippen LogP contribution in [0.4, 0.5) is 18.0 Å². The molecule has 0 bridgehead atoms. The summed E-state index contributed by atoms with van der Waals surface area (Å²) in [6, 6.07) is 8.92. The number of amides is 3. The SMILES string of the molecule is CC1=C(C(N)=O)SC(N2CCN(Cc3ccc(OC(F)(F)F)cc3)C2=O)N1Cc1cccnc1. The number of rotatable bonds is 7. The van der Waals surface area contributed by atoms with E-state index in [0.29, 0.717) is 35.8 Å². The standard InChI is InChI=1S/C22H22F3N5O3S/c1-14-18(19(26)31)34-21(30(14)13-16-3-2-8-27-11-16)29-10-9-28(20(29)32)12-15-4-6-17(7-5-15)33-22(23,24)25/h2-8,11,21H,9-10,12-13H2,1H3,(H2,26,31). The zero-order valence-electron chi connectivity index (χ0n) is 18.2. The van der Waals surface area contributed by atoms with Gasteiger partial charge in [-0.3, -0.25) is 14.7 Å². The highest BCUT2D eigenvalue weighted by Gasteiger charge is 2.42. The van der Waals surface area contributed by atoms with Gasteiger partial charge in [0.1, 0.15) is 5.75 Å². The van der Waals surface area contributed by atoms with Crippen molar-refractivity contribution in [3.05, 3.63) is 70.5 Å². The number of pyridine rings is 1. The molecule has 0 aliphatic carbocycles. The van der Waals surface area contributed by atoms with Gasteiger partial charge in [-0.15, -0.1) is 13.2 Å². The monoisotopic (exact) mass is 493 g/mol. The number of allylic oxidation sites excluding steroid dienone is 1. The summed E-state index contributed by atoms with van der Waals surface area (Å²) in [5, 5.41) is 0. The maximum Gasteiger partial charge on any atom is 0.573 e. The summed E-state index contributed by atoms with van der Waals surface area (Å²) in [6.45, 7) is 3.33. The van der Waals surface area contributed by atoms with Crippen LogP contribution in [0.1, 0.15) is 18.1 Å². The van der Waals surface area contributed by atoms with Crippen molar-refractivity contribution in [2.45, 2.75) is 31.9 Å². The van der Waals surface area contributed by atoms with Gasteiger partial charge in [0.25, 0.3) is 5.91 Å². The third kappa shape index (κ3) is 5.22. The Morgan fingerprint density at radius 1 is 1.18 bits per heavy atom. The number of hydrogen-bond acceptors (Lipinski definition) is 6. The number of aromatic nitrogens is 1. The number of primary amides is 1. The molecular weight excluding hydrogens is 471 g/mol. The van der Waals surface area contributed by atoms with Crippen molar-refractivity contribution in [2.24, 2.45) is 5.73 Å². The van der Waals surface area contributed by atoms with Crippen LogP contribution in [0.15, 0.2) is 59.4 Å². The molecule has 1 fully saturated rings. The van der Waals surface area contributed by atoms with Gasteiger partial charge in [-0.1, -0.05) is 30.0 Å². The fraction of sp³-hybridized carbons (Fsp3) is 0.318. The third-order valence-electron chi connectivity index (χ3n) is 5.47. The molecule has 2 aliphatic rings. The van der Waals surface area contributed by atoms with Gasteiger partial charge in [-0.2, -0.15) is 0 Å². The lowest BCUT2D eigenvalue weighted by atomic mass is 10.2. The fourth-order valence-electron chi connectivity index (χ4n) is 3.87. The molecule has 0 radical (unpaired) electrons. The van der Waals surface area contributed by atoms with Gasteiger partial charge in [-0.05, 0) is 36.2 Å². The molecule has 3 heterocycles. The molecule has 2 N–H and O–H groups in total. The van der Waals surface area contributed by atoms with Crippen molar-refractivity contribution in [3.8, 4) is 5.75 Å². The van der Waals surface area contributed by atoms with Crippen LogP contribution in [0.2, 0.25) is 0 Å². The van der Waals surface area contributed by atoms with Gasteiger partial charge in [0.15, 0.2) is 5.50 Å². The Balaban J connectivity index is 1.46. The number of halogens is 3. The number of alkyl halides is 3. The lowest BCUT2D eigenvalue weighted by Gasteiger charge is -2.33. The molecule has 1 saturated heterocycles. The van der Waals surface area contributed by atoms with Crippen molar-refractivity contribution >= 4 is 23.7 Å². The van der Waals surface area contributed by atoms with Crippen molar-refractivity contribution in [2.75, 3.05) is 13.1 Å². The summed E-state index contributed by atoms with van der Waals surface area (Å²) in [6.07, 6.45) is -1.37. The molecule has 1 aromatic carbocycles. The van der Waals surface area contributed by atoms with Crippen LogP contribution in [0, 0.1) is 0 Å². The maximum absolute atomic E-state index is 13.2. The predicted molar refractivity (Wildman–Crippen MR) is 119 cm³/mol. The highest BCUT2D eigenvalue weighted by atomic mass is 32.2. The first kappa shape index (κ1) is 23.7. The number of urea groups is 1. The maximum atomic E-state index is 13.2. The van der Waals surface area contributed by atoms with Crippen LogP contribution >= 0.6 is 11.8 Å². The lowest BCUT2D eigenvalue weighted by Crippen LogP contribution is -2.45. The van der Waals surface area contributed by atoms with Gasteiger partial charge in [0.2, 0.25) is 0 Å². The largest absolute Gasteiger partial charge is 0.573 e. The number of nitrogens with zero attached hydrogens (tertiary/aromatic N) is 4. The summed E-state index contributed by atoms with van der Waals surface area (Å²) in [5.74, 6) is -0.870. The van der Waals surface area contributed by atoms with E-state index in [4.69, 9.17) is 5.73 Å². The summed E-state index contributed by atoms with van der Waals surface area (Å²) in [5.41, 5.74) is 7.39. The first-order valence-electron chi connectivity index (χ1n) is 10.4. The number of benzene rings is 1. The van der Waals surface area contributed by atoms with Crippen molar-refractivity contribution in [1.82, 2.24) is 19.7 Å². The first-order chi connectivity index (χ1) is 16.1. The van der Waals surface area contributed by atoms with Crippen LogP contribution in [0.3, 0.4) is 0 Å². The van der Waals surface area contributed by atoms with Gasteiger partial charge < -0.3 is 20.3 Å². The molecule has 2 aromatic rings.